The lowest BCUT2D eigenvalue weighted by molar-refractivity contribution is -0.133. The van der Waals surface area contributed by atoms with Gasteiger partial charge in [0.2, 0.25) is 5.91 Å². The Bertz CT molecular complexity index is 960. The smallest absolute Gasteiger partial charge is 0.226 e. The van der Waals surface area contributed by atoms with Crippen molar-refractivity contribution in [3.8, 4) is 5.75 Å². The third kappa shape index (κ3) is 4.95. The minimum Gasteiger partial charge on any atom is -0.493 e. The van der Waals surface area contributed by atoms with Gasteiger partial charge in [0.05, 0.1) is 29.8 Å². The fourth-order valence-corrected chi connectivity index (χ4v) is 4.61. The number of hydrogen-bond acceptors (Lipinski definition) is 5. The number of carbonyl (C=O) groups is 1. The molecule has 1 fully saturated rings. The number of amides is 1. The molecular weight excluding hydrogens is 382 g/mol. The summed E-state index contributed by atoms with van der Waals surface area (Å²) in [6.45, 7) is 8.68. The van der Waals surface area contributed by atoms with Crippen LogP contribution < -0.4 is 4.74 Å². The number of ether oxygens (including phenoxy) is 1. The Morgan fingerprint density at radius 2 is 1.90 bits per heavy atom. The van der Waals surface area contributed by atoms with Gasteiger partial charge in [-0.1, -0.05) is 24.3 Å². The second kappa shape index (κ2) is 8.93. The molecule has 29 heavy (non-hydrogen) atoms. The van der Waals surface area contributed by atoms with Crippen LogP contribution in [0.4, 0.5) is 0 Å². The van der Waals surface area contributed by atoms with Gasteiger partial charge in [0, 0.05) is 26.2 Å². The quantitative estimate of drug-likeness (QED) is 0.617. The molecular formula is C23H27N3O2S. The van der Waals surface area contributed by atoms with Gasteiger partial charge in [-0.3, -0.25) is 9.69 Å². The monoisotopic (exact) mass is 409 g/mol. The summed E-state index contributed by atoms with van der Waals surface area (Å²) in [6.07, 6.45) is 0.422. The highest BCUT2D eigenvalue weighted by atomic mass is 32.1. The Kier molecular flexibility index (Phi) is 6.11. The van der Waals surface area contributed by atoms with Gasteiger partial charge in [-0.2, -0.15) is 0 Å². The van der Waals surface area contributed by atoms with Gasteiger partial charge in [0.1, 0.15) is 10.8 Å². The van der Waals surface area contributed by atoms with Gasteiger partial charge in [-0.15, -0.1) is 11.3 Å². The highest BCUT2D eigenvalue weighted by molar-refractivity contribution is 7.18. The van der Waals surface area contributed by atoms with Crippen molar-refractivity contribution in [2.45, 2.75) is 26.8 Å². The average Bonchev–Trinajstić information content (AvgIpc) is 3.13. The van der Waals surface area contributed by atoms with Gasteiger partial charge in [0.15, 0.2) is 0 Å². The summed E-state index contributed by atoms with van der Waals surface area (Å²) in [7, 11) is 0. The van der Waals surface area contributed by atoms with Crippen LogP contribution in [0.1, 0.15) is 22.6 Å². The van der Waals surface area contributed by atoms with Crippen molar-refractivity contribution in [3.63, 3.8) is 0 Å². The summed E-state index contributed by atoms with van der Waals surface area (Å²) in [5.41, 5.74) is 3.35. The number of hydrogen-bond donors (Lipinski definition) is 0. The molecule has 0 unspecified atom stereocenters. The number of para-hydroxylation sites is 1. The lowest BCUT2D eigenvalue weighted by atomic mass is 10.1. The molecule has 1 aromatic heterocycles. The van der Waals surface area contributed by atoms with E-state index in [1.165, 1.54) is 10.3 Å². The summed E-state index contributed by atoms with van der Waals surface area (Å²) in [5, 5.41) is 1.15. The maximum Gasteiger partial charge on any atom is 0.226 e. The van der Waals surface area contributed by atoms with Gasteiger partial charge < -0.3 is 9.64 Å². The van der Waals surface area contributed by atoms with E-state index in [9.17, 15) is 4.79 Å². The average molecular weight is 410 g/mol. The zero-order chi connectivity index (χ0) is 20.2. The number of aryl methyl sites for hydroxylation is 2. The van der Waals surface area contributed by atoms with Gasteiger partial charge in [-0.05, 0) is 43.2 Å². The first-order valence-electron chi connectivity index (χ1n) is 10.1. The van der Waals surface area contributed by atoms with E-state index in [1.807, 2.05) is 30.9 Å². The number of benzene rings is 2. The molecule has 4 rings (SSSR count). The summed E-state index contributed by atoms with van der Waals surface area (Å²) in [4.78, 5) is 21.6. The predicted molar refractivity (Wildman–Crippen MR) is 118 cm³/mol. The Morgan fingerprint density at radius 3 is 2.69 bits per heavy atom. The Labute approximate surface area is 175 Å². The minimum atomic E-state index is 0.176. The molecule has 152 valence electrons. The van der Waals surface area contributed by atoms with Gasteiger partial charge in [-0.25, -0.2) is 4.98 Å². The van der Waals surface area contributed by atoms with Crippen LogP contribution in [0.5, 0.6) is 5.75 Å². The lowest BCUT2D eigenvalue weighted by Gasteiger charge is -2.34. The van der Waals surface area contributed by atoms with E-state index in [0.29, 0.717) is 13.0 Å². The van der Waals surface area contributed by atoms with Crippen molar-refractivity contribution in [1.29, 1.82) is 0 Å². The highest BCUT2D eigenvalue weighted by Crippen LogP contribution is 2.23. The summed E-state index contributed by atoms with van der Waals surface area (Å²) >= 11 is 1.76. The van der Waals surface area contributed by atoms with Crippen LogP contribution in [0.3, 0.4) is 0 Å². The van der Waals surface area contributed by atoms with Gasteiger partial charge >= 0.3 is 0 Å². The second-order valence-corrected chi connectivity index (χ2v) is 8.71. The SMILES string of the molecule is Cc1ccc(C)c(OCCC(=O)N2CCN(Cc3nc4ccccc4s3)CC2)c1. The molecule has 0 bridgehead atoms. The Balaban J connectivity index is 1.22. The van der Waals surface area contributed by atoms with E-state index in [-0.39, 0.29) is 5.91 Å². The first-order chi connectivity index (χ1) is 14.1. The second-order valence-electron chi connectivity index (χ2n) is 7.60. The van der Waals surface area contributed by atoms with Gasteiger partial charge in [0.25, 0.3) is 0 Å². The van der Waals surface area contributed by atoms with Crippen LogP contribution in [-0.2, 0) is 11.3 Å². The molecule has 0 spiro atoms. The van der Waals surface area contributed by atoms with Crippen molar-refractivity contribution in [3.05, 3.63) is 58.6 Å². The van der Waals surface area contributed by atoms with E-state index in [4.69, 9.17) is 9.72 Å². The zero-order valence-electron chi connectivity index (χ0n) is 17.1. The van der Waals surface area contributed by atoms with Crippen molar-refractivity contribution >= 4 is 27.5 Å². The van der Waals surface area contributed by atoms with Crippen LogP contribution in [0.15, 0.2) is 42.5 Å². The Hall–Kier alpha value is -2.44. The van der Waals surface area contributed by atoms with Crippen LogP contribution in [0.25, 0.3) is 10.2 Å². The molecule has 1 saturated heterocycles. The minimum absolute atomic E-state index is 0.176. The topological polar surface area (TPSA) is 45.7 Å². The van der Waals surface area contributed by atoms with E-state index in [1.54, 1.807) is 11.3 Å². The number of carbonyl (C=O) groups excluding carboxylic acids is 1. The number of rotatable bonds is 6. The number of thiazole rings is 1. The standard InChI is InChI=1S/C23H27N3O2S/c1-17-7-8-18(2)20(15-17)28-14-9-23(27)26-12-10-25(11-13-26)16-22-24-19-5-3-4-6-21(19)29-22/h3-8,15H,9-14,16H2,1-2H3. The fourth-order valence-electron chi connectivity index (χ4n) is 3.60. The van der Waals surface area contributed by atoms with Crippen molar-refractivity contribution < 1.29 is 9.53 Å². The molecule has 1 amide bonds. The third-order valence-corrected chi connectivity index (χ3v) is 6.36. The molecule has 2 aromatic carbocycles. The molecule has 0 N–H and O–H groups in total. The first kappa shape index (κ1) is 19.9. The zero-order valence-corrected chi connectivity index (χ0v) is 17.9. The van der Waals surface area contributed by atoms with Crippen LogP contribution in [0.2, 0.25) is 0 Å². The molecule has 0 atom stereocenters. The van der Waals surface area contributed by atoms with Crippen molar-refractivity contribution in [2.24, 2.45) is 0 Å². The maximum absolute atomic E-state index is 12.5. The normalized spacial score (nSPS) is 15.0. The molecule has 6 heteroatoms. The van der Waals surface area contributed by atoms with Crippen molar-refractivity contribution in [1.82, 2.24) is 14.8 Å². The van der Waals surface area contributed by atoms with Crippen molar-refractivity contribution in [2.75, 3.05) is 32.8 Å². The van der Waals surface area contributed by atoms with E-state index >= 15 is 0 Å². The van der Waals surface area contributed by atoms with Crippen LogP contribution in [-0.4, -0.2) is 53.5 Å². The predicted octanol–water partition coefficient (Wildman–Crippen LogP) is 4.03. The summed E-state index contributed by atoms with van der Waals surface area (Å²) < 4.78 is 7.08. The first-order valence-corrected chi connectivity index (χ1v) is 10.9. The fraction of sp³-hybridized carbons (Fsp3) is 0.391. The molecule has 5 nitrogen and oxygen atoms in total. The lowest BCUT2D eigenvalue weighted by Crippen LogP contribution is -2.48. The molecule has 3 aromatic rings. The summed E-state index contributed by atoms with van der Waals surface area (Å²) in [6, 6.07) is 14.4. The maximum atomic E-state index is 12.5. The number of piperazine rings is 1. The number of fused-ring (bicyclic) bond motifs is 1. The molecule has 2 heterocycles. The van der Waals surface area contributed by atoms with E-state index in [2.05, 4.69) is 35.2 Å². The van der Waals surface area contributed by atoms with Crippen LogP contribution in [0, 0.1) is 13.8 Å². The van der Waals surface area contributed by atoms with Crippen LogP contribution >= 0.6 is 11.3 Å². The molecule has 0 saturated carbocycles. The summed E-state index contributed by atoms with van der Waals surface area (Å²) in [5.74, 6) is 1.05. The molecule has 0 radical (unpaired) electrons. The Morgan fingerprint density at radius 1 is 1.10 bits per heavy atom. The highest BCUT2D eigenvalue weighted by Gasteiger charge is 2.21. The number of nitrogens with zero attached hydrogens (tertiary/aromatic N) is 3. The van der Waals surface area contributed by atoms with E-state index in [0.717, 1.165) is 54.6 Å². The van der Waals surface area contributed by atoms with E-state index < -0.39 is 0 Å². The number of aromatic nitrogens is 1. The largest absolute Gasteiger partial charge is 0.493 e. The third-order valence-electron chi connectivity index (χ3n) is 5.34. The molecule has 0 aliphatic carbocycles. The molecule has 1 aliphatic heterocycles. The molecule has 1 aliphatic rings.